The van der Waals surface area contributed by atoms with Crippen molar-refractivity contribution in [2.75, 3.05) is 6.54 Å². The number of hydrogen-bond acceptors (Lipinski definition) is 2. The molecule has 1 aliphatic carbocycles. The molecule has 0 radical (unpaired) electrons. The molecule has 2 atom stereocenters. The van der Waals surface area contributed by atoms with Crippen molar-refractivity contribution < 1.29 is 13.5 Å². The zero-order valence-corrected chi connectivity index (χ0v) is 9.66. The molecule has 1 aliphatic rings. The van der Waals surface area contributed by atoms with Crippen molar-refractivity contribution in [3.05, 3.63) is 35.4 Å². The summed E-state index contributed by atoms with van der Waals surface area (Å²) < 4.78 is 32.0. The number of rotatable bonds is 4. The molecule has 2 N–H and O–H groups in total. The first kappa shape index (κ1) is 12.5. The number of hydrogen-bond donors (Lipinski definition) is 1. The maximum atomic E-state index is 13.4. The molecule has 1 saturated carbocycles. The standard InChI is InChI=1S/C13H17F2NO/c14-11-5-1-4-10(13(11)15)8-17-12-6-2-3-9(12)7-16/h1,4-5,9,12H,2-3,6-8,16H2. The molecule has 0 aliphatic heterocycles. The third-order valence-corrected chi connectivity index (χ3v) is 3.38. The van der Waals surface area contributed by atoms with Crippen LogP contribution in [0.15, 0.2) is 18.2 Å². The Balaban J connectivity index is 1.95. The summed E-state index contributed by atoms with van der Waals surface area (Å²) in [4.78, 5) is 0. The van der Waals surface area contributed by atoms with Crippen molar-refractivity contribution in [2.45, 2.75) is 32.0 Å². The second kappa shape index (κ2) is 5.56. The summed E-state index contributed by atoms with van der Waals surface area (Å²) in [6, 6.07) is 4.15. The highest BCUT2D eigenvalue weighted by molar-refractivity contribution is 5.18. The van der Waals surface area contributed by atoms with Gasteiger partial charge in [-0.3, -0.25) is 0 Å². The van der Waals surface area contributed by atoms with Gasteiger partial charge < -0.3 is 10.5 Å². The number of nitrogens with two attached hydrogens (primary N) is 1. The van der Waals surface area contributed by atoms with Crippen molar-refractivity contribution in [3.63, 3.8) is 0 Å². The van der Waals surface area contributed by atoms with Crippen LogP contribution in [-0.2, 0) is 11.3 Å². The van der Waals surface area contributed by atoms with Crippen LogP contribution < -0.4 is 5.73 Å². The number of halogens is 2. The quantitative estimate of drug-likeness (QED) is 0.879. The Labute approximate surface area is 99.8 Å². The van der Waals surface area contributed by atoms with E-state index in [9.17, 15) is 8.78 Å². The molecule has 4 heteroatoms. The third kappa shape index (κ3) is 2.82. The highest BCUT2D eigenvalue weighted by Crippen LogP contribution is 2.28. The molecule has 0 aromatic heterocycles. The van der Waals surface area contributed by atoms with Gasteiger partial charge in [-0.25, -0.2) is 8.78 Å². The zero-order chi connectivity index (χ0) is 12.3. The molecule has 17 heavy (non-hydrogen) atoms. The molecule has 0 amide bonds. The molecule has 1 fully saturated rings. The van der Waals surface area contributed by atoms with Gasteiger partial charge in [-0.1, -0.05) is 18.6 Å². The summed E-state index contributed by atoms with van der Waals surface area (Å²) in [5.74, 6) is -1.28. The third-order valence-electron chi connectivity index (χ3n) is 3.38. The lowest BCUT2D eigenvalue weighted by atomic mass is 10.1. The maximum Gasteiger partial charge on any atom is 0.164 e. The molecule has 0 heterocycles. The monoisotopic (exact) mass is 241 g/mol. The SMILES string of the molecule is NCC1CCCC1OCc1cccc(F)c1F. The van der Waals surface area contributed by atoms with Gasteiger partial charge in [0.2, 0.25) is 0 Å². The second-order valence-electron chi connectivity index (χ2n) is 4.49. The molecule has 2 nitrogen and oxygen atoms in total. The Morgan fingerprint density at radius 2 is 2.12 bits per heavy atom. The minimum Gasteiger partial charge on any atom is -0.373 e. The van der Waals surface area contributed by atoms with Crippen LogP contribution in [0.1, 0.15) is 24.8 Å². The maximum absolute atomic E-state index is 13.4. The minimum absolute atomic E-state index is 0.0858. The van der Waals surface area contributed by atoms with Crippen molar-refractivity contribution in [1.82, 2.24) is 0 Å². The Kier molecular flexibility index (Phi) is 4.07. The minimum atomic E-state index is -0.826. The van der Waals surface area contributed by atoms with Crippen molar-refractivity contribution in [3.8, 4) is 0 Å². The molecule has 1 aromatic rings. The smallest absolute Gasteiger partial charge is 0.164 e. The lowest BCUT2D eigenvalue weighted by Gasteiger charge is -2.18. The van der Waals surface area contributed by atoms with Crippen LogP contribution in [0.2, 0.25) is 0 Å². The van der Waals surface area contributed by atoms with E-state index in [1.54, 1.807) is 6.07 Å². The Morgan fingerprint density at radius 1 is 1.29 bits per heavy atom. The highest BCUT2D eigenvalue weighted by atomic mass is 19.2. The van der Waals surface area contributed by atoms with Gasteiger partial charge in [-0.2, -0.15) is 0 Å². The van der Waals surface area contributed by atoms with Crippen LogP contribution >= 0.6 is 0 Å². The molecule has 0 saturated heterocycles. The van der Waals surface area contributed by atoms with E-state index in [0.717, 1.165) is 25.3 Å². The Morgan fingerprint density at radius 3 is 2.88 bits per heavy atom. The average Bonchev–Trinajstić information content (AvgIpc) is 2.78. The topological polar surface area (TPSA) is 35.2 Å². The van der Waals surface area contributed by atoms with Crippen molar-refractivity contribution >= 4 is 0 Å². The molecule has 2 rings (SSSR count). The Hall–Kier alpha value is -1.00. The van der Waals surface area contributed by atoms with Crippen LogP contribution in [0, 0.1) is 17.6 Å². The summed E-state index contributed by atoms with van der Waals surface area (Å²) in [5.41, 5.74) is 5.90. The fourth-order valence-electron chi connectivity index (χ4n) is 2.35. The number of ether oxygens (including phenoxy) is 1. The fraction of sp³-hybridized carbons (Fsp3) is 0.538. The van der Waals surface area contributed by atoms with E-state index >= 15 is 0 Å². The van der Waals surface area contributed by atoms with Gasteiger partial charge in [0.15, 0.2) is 11.6 Å². The van der Waals surface area contributed by atoms with Gasteiger partial charge in [0.1, 0.15) is 0 Å². The van der Waals surface area contributed by atoms with Crippen LogP contribution in [0.3, 0.4) is 0 Å². The molecular weight excluding hydrogens is 224 g/mol. The molecule has 0 bridgehead atoms. The molecule has 1 aromatic carbocycles. The van der Waals surface area contributed by atoms with Gasteiger partial charge in [0.25, 0.3) is 0 Å². The first-order valence-corrected chi connectivity index (χ1v) is 5.97. The van der Waals surface area contributed by atoms with Crippen molar-refractivity contribution in [2.24, 2.45) is 11.7 Å². The van der Waals surface area contributed by atoms with Crippen LogP contribution in [0.4, 0.5) is 8.78 Å². The highest BCUT2D eigenvalue weighted by Gasteiger charge is 2.26. The van der Waals surface area contributed by atoms with Gasteiger partial charge in [-0.15, -0.1) is 0 Å². The molecule has 2 unspecified atom stereocenters. The van der Waals surface area contributed by atoms with Gasteiger partial charge >= 0.3 is 0 Å². The fourth-order valence-corrected chi connectivity index (χ4v) is 2.35. The van der Waals surface area contributed by atoms with Gasteiger partial charge in [0, 0.05) is 5.56 Å². The normalized spacial score (nSPS) is 24.2. The van der Waals surface area contributed by atoms with E-state index in [-0.39, 0.29) is 18.3 Å². The van der Waals surface area contributed by atoms with E-state index in [2.05, 4.69) is 0 Å². The van der Waals surface area contributed by atoms with E-state index in [0.29, 0.717) is 12.5 Å². The summed E-state index contributed by atoms with van der Waals surface area (Å²) >= 11 is 0. The first-order valence-electron chi connectivity index (χ1n) is 5.97. The van der Waals surface area contributed by atoms with E-state index in [1.807, 2.05) is 0 Å². The predicted molar refractivity (Wildman–Crippen MR) is 61.3 cm³/mol. The second-order valence-corrected chi connectivity index (χ2v) is 4.49. The molecule has 0 spiro atoms. The van der Waals surface area contributed by atoms with E-state index in [1.165, 1.54) is 6.07 Å². The lowest BCUT2D eigenvalue weighted by Crippen LogP contribution is -2.25. The van der Waals surface area contributed by atoms with Crippen molar-refractivity contribution in [1.29, 1.82) is 0 Å². The molecular formula is C13H17F2NO. The van der Waals surface area contributed by atoms with E-state index < -0.39 is 11.6 Å². The summed E-state index contributed by atoms with van der Waals surface area (Å²) in [7, 11) is 0. The van der Waals surface area contributed by atoms with Crippen LogP contribution in [0.5, 0.6) is 0 Å². The largest absolute Gasteiger partial charge is 0.373 e. The van der Waals surface area contributed by atoms with Crippen LogP contribution in [-0.4, -0.2) is 12.6 Å². The summed E-state index contributed by atoms with van der Waals surface area (Å²) in [6.07, 6.45) is 3.20. The predicted octanol–water partition coefficient (Wildman–Crippen LogP) is 2.61. The zero-order valence-electron chi connectivity index (χ0n) is 9.66. The van der Waals surface area contributed by atoms with Gasteiger partial charge in [0.05, 0.1) is 12.7 Å². The first-order chi connectivity index (χ1) is 8.22. The number of benzene rings is 1. The summed E-state index contributed by atoms with van der Waals surface area (Å²) in [6.45, 7) is 0.709. The molecule has 94 valence electrons. The van der Waals surface area contributed by atoms with E-state index in [4.69, 9.17) is 10.5 Å². The van der Waals surface area contributed by atoms with Gasteiger partial charge in [-0.05, 0) is 31.4 Å². The Bertz CT molecular complexity index is 384. The summed E-state index contributed by atoms with van der Waals surface area (Å²) in [5, 5.41) is 0. The van der Waals surface area contributed by atoms with Crippen LogP contribution in [0.25, 0.3) is 0 Å². The lowest BCUT2D eigenvalue weighted by molar-refractivity contribution is 0.0167. The average molecular weight is 241 g/mol.